The van der Waals surface area contributed by atoms with Crippen molar-refractivity contribution in [3.05, 3.63) is 64.3 Å². The average molecular weight is 311 g/mol. The van der Waals surface area contributed by atoms with Gasteiger partial charge in [-0.05, 0) is 18.1 Å². The van der Waals surface area contributed by atoms with Crippen molar-refractivity contribution in [2.75, 3.05) is 5.32 Å². The lowest BCUT2D eigenvalue weighted by Crippen LogP contribution is -2.13. The minimum absolute atomic E-state index is 0.0531. The van der Waals surface area contributed by atoms with E-state index < -0.39 is 4.92 Å². The summed E-state index contributed by atoms with van der Waals surface area (Å²) < 4.78 is 1.27. The molecule has 0 fully saturated rings. The fourth-order valence-electron chi connectivity index (χ4n) is 2.18. The number of carbonyl (C=O) groups is 1. The summed E-state index contributed by atoms with van der Waals surface area (Å²) in [7, 11) is 0. The molecule has 3 aromatic rings. The number of nitrogens with one attached hydrogen (secondary N) is 1. The summed E-state index contributed by atoms with van der Waals surface area (Å²) in [6.45, 7) is 0. The fourth-order valence-corrected chi connectivity index (χ4v) is 2.18. The number of anilines is 1. The van der Waals surface area contributed by atoms with E-state index in [0.29, 0.717) is 6.42 Å². The summed E-state index contributed by atoms with van der Waals surface area (Å²) in [5.74, 6) is -0.190. The minimum Gasteiger partial charge on any atom is -0.293 e. The summed E-state index contributed by atoms with van der Waals surface area (Å²) in [5.41, 5.74) is 0.988. The van der Waals surface area contributed by atoms with E-state index in [1.54, 1.807) is 0 Å². The quantitative estimate of drug-likeness (QED) is 0.575. The molecule has 0 unspecified atom stereocenters. The smallest absolute Gasteiger partial charge is 0.293 e. The van der Waals surface area contributed by atoms with Crippen molar-refractivity contribution in [2.45, 2.75) is 12.8 Å². The van der Waals surface area contributed by atoms with Crippen molar-refractivity contribution in [1.82, 2.24) is 14.6 Å². The summed E-state index contributed by atoms with van der Waals surface area (Å²) in [5, 5.41) is 17.5. The Morgan fingerprint density at radius 3 is 2.74 bits per heavy atom. The maximum Gasteiger partial charge on any atom is 0.313 e. The van der Waals surface area contributed by atoms with E-state index in [1.165, 1.54) is 22.8 Å². The lowest BCUT2D eigenvalue weighted by molar-refractivity contribution is -0.383. The molecule has 0 radical (unpaired) electrons. The molecule has 1 amide bonds. The number of carbonyl (C=O) groups excluding carboxylic acids is 1. The van der Waals surface area contributed by atoms with E-state index in [-0.39, 0.29) is 29.6 Å². The maximum atomic E-state index is 11.9. The number of fused-ring (bicyclic) bond motifs is 1. The van der Waals surface area contributed by atoms with Crippen LogP contribution in [0.4, 0.5) is 11.6 Å². The molecule has 116 valence electrons. The minimum atomic E-state index is -0.537. The highest BCUT2D eigenvalue weighted by Gasteiger charge is 2.17. The topological polar surface area (TPSA) is 102 Å². The van der Waals surface area contributed by atoms with Gasteiger partial charge < -0.3 is 0 Å². The number of rotatable bonds is 5. The number of nitrogens with zero attached hydrogens (tertiary/aromatic N) is 4. The summed E-state index contributed by atoms with van der Waals surface area (Å²) in [4.78, 5) is 26.4. The molecule has 3 rings (SSSR count). The highest BCUT2D eigenvalue weighted by atomic mass is 16.6. The van der Waals surface area contributed by atoms with Crippen LogP contribution < -0.4 is 5.32 Å². The Morgan fingerprint density at radius 1 is 1.22 bits per heavy atom. The molecular formula is C15H13N5O3. The van der Waals surface area contributed by atoms with Gasteiger partial charge in [-0.3, -0.25) is 20.2 Å². The second-order valence-electron chi connectivity index (χ2n) is 4.89. The van der Waals surface area contributed by atoms with Crippen molar-refractivity contribution in [1.29, 1.82) is 0 Å². The van der Waals surface area contributed by atoms with E-state index in [2.05, 4.69) is 15.4 Å². The number of benzene rings is 1. The lowest BCUT2D eigenvalue weighted by Gasteiger charge is -2.01. The second-order valence-corrected chi connectivity index (χ2v) is 4.89. The average Bonchev–Trinajstić information content (AvgIpc) is 2.95. The Balaban J connectivity index is 1.70. The van der Waals surface area contributed by atoms with E-state index in [4.69, 9.17) is 0 Å². The van der Waals surface area contributed by atoms with Gasteiger partial charge in [-0.1, -0.05) is 30.3 Å². The third-order valence-electron chi connectivity index (χ3n) is 3.27. The van der Waals surface area contributed by atoms with Gasteiger partial charge in [0.05, 0.1) is 4.92 Å². The largest absolute Gasteiger partial charge is 0.313 e. The van der Waals surface area contributed by atoms with Gasteiger partial charge in [0.25, 0.3) is 0 Å². The molecule has 0 saturated heterocycles. The van der Waals surface area contributed by atoms with Crippen LogP contribution in [0.15, 0.2) is 48.7 Å². The van der Waals surface area contributed by atoms with E-state index in [1.807, 2.05) is 30.3 Å². The number of hydrogen-bond acceptors (Lipinski definition) is 5. The van der Waals surface area contributed by atoms with Crippen LogP contribution in [-0.4, -0.2) is 25.4 Å². The van der Waals surface area contributed by atoms with Crippen molar-refractivity contribution >= 4 is 23.2 Å². The van der Waals surface area contributed by atoms with Crippen LogP contribution in [-0.2, 0) is 11.2 Å². The monoisotopic (exact) mass is 311 g/mol. The van der Waals surface area contributed by atoms with E-state index >= 15 is 0 Å². The molecule has 0 aliphatic carbocycles. The number of amides is 1. The van der Waals surface area contributed by atoms with Crippen LogP contribution in [0.2, 0.25) is 0 Å². The Hall–Kier alpha value is -3.29. The number of aromatic nitrogens is 3. The van der Waals surface area contributed by atoms with Gasteiger partial charge in [0.1, 0.15) is 0 Å². The number of nitro groups is 1. The predicted octanol–water partition coefficient (Wildman–Crippen LogP) is 2.21. The van der Waals surface area contributed by atoms with Crippen LogP contribution in [0.25, 0.3) is 5.65 Å². The molecule has 0 aliphatic heterocycles. The Labute approximate surface area is 130 Å². The molecule has 2 aromatic heterocycles. The Bertz CT molecular complexity index is 860. The number of hydrogen-bond donors (Lipinski definition) is 1. The first-order valence-corrected chi connectivity index (χ1v) is 6.97. The molecule has 1 aromatic carbocycles. The van der Waals surface area contributed by atoms with Gasteiger partial charge in [0.2, 0.25) is 17.5 Å². The van der Waals surface area contributed by atoms with Crippen LogP contribution in [0.3, 0.4) is 0 Å². The van der Waals surface area contributed by atoms with Crippen molar-refractivity contribution in [3.8, 4) is 0 Å². The Morgan fingerprint density at radius 2 is 2.00 bits per heavy atom. The lowest BCUT2D eigenvalue weighted by atomic mass is 10.1. The van der Waals surface area contributed by atoms with Crippen LogP contribution in [0.5, 0.6) is 0 Å². The normalized spacial score (nSPS) is 10.6. The van der Waals surface area contributed by atoms with Crippen molar-refractivity contribution in [2.24, 2.45) is 0 Å². The Kier molecular flexibility index (Phi) is 3.96. The standard InChI is InChI=1S/C15H13N5O3/c21-13(9-8-11-5-2-1-3-6-11)16-15-17-14-12(20(22)23)7-4-10-19(14)18-15/h1-7,10H,8-9H2,(H,16,18,21). The van der Waals surface area contributed by atoms with Crippen LogP contribution in [0, 0.1) is 10.1 Å². The molecule has 0 bridgehead atoms. The van der Waals surface area contributed by atoms with Gasteiger partial charge in [-0.15, -0.1) is 5.10 Å². The first-order chi connectivity index (χ1) is 11.1. The zero-order chi connectivity index (χ0) is 16.2. The summed E-state index contributed by atoms with van der Waals surface area (Å²) in [6, 6.07) is 12.5. The second kappa shape index (κ2) is 6.22. The fraction of sp³-hybridized carbons (Fsp3) is 0.133. The first kappa shape index (κ1) is 14.6. The third kappa shape index (κ3) is 3.31. The molecule has 0 saturated carbocycles. The predicted molar refractivity (Wildman–Crippen MR) is 83.0 cm³/mol. The zero-order valence-corrected chi connectivity index (χ0v) is 12.0. The summed E-state index contributed by atoms with van der Waals surface area (Å²) >= 11 is 0. The van der Waals surface area contributed by atoms with E-state index in [0.717, 1.165) is 5.56 Å². The molecule has 23 heavy (non-hydrogen) atoms. The number of aryl methyl sites for hydroxylation is 1. The van der Waals surface area contributed by atoms with Gasteiger partial charge in [-0.2, -0.15) is 4.98 Å². The molecule has 2 heterocycles. The molecule has 0 aliphatic rings. The van der Waals surface area contributed by atoms with Crippen molar-refractivity contribution in [3.63, 3.8) is 0 Å². The molecule has 8 nitrogen and oxygen atoms in total. The first-order valence-electron chi connectivity index (χ1n) is 6.97. The summed E-state index contributed by atoms with van der Waals surface area (Å²) in [6.07, 6.45) is 2.41. The van der Waals surface area contributed by atoms with Gasteiger partial charge in [0, 0.05) is 18.7 Å². The highest BCUT2D eigenvalue weighted by molar-refractivity contribution is 5.89. The highest BCUT2D eigenvalue weighted by Crippen LogP contribution is 2.18. The maximum absolute atomic E-state index is 11.9. The van der Waals surface area contributed by atoms with E-state index in [9.17, 15) is 14.9 Å². The number of pyridine rings is 1. The molecule has 8 heteroatoms. The molecule has 1 N–H and O–H groups in total. The van der Waals surface area contributed by atoms with Gasteiger partial charge >= 0.3 is 5.69 Å². The SMILES string of the molecule is O=C(CCc1ccccc1)Nc1nc2c([N+](=O)[O-])cccn2n1. The molecular weight excluding hydrogens is 298 g/mol. The zero-order valence-electron chi connectivity index (χ0n) is 12.0. The molecule has 0 spiro atoms. The van der Waals surface area contributed by atoms with Gasteiger partial charge in [-0.25, -0.2) is 4.52 Å². The van der Waals surface area contributed by atoms with Crippen LogP contribution in [0.1, 0.15) is 12.0 Å². The van der Waals surface area contributed by atoms with Crippen molar-refractivity contribution < 1.29 is 9.72 Å². The molecule has 0 atom stereocenters. The van der Waals surface area contributed by atoms with Crippen LogP contribution >= 0.6 is 0 Å². The third-order valence-corrected chi connectivity index (χ3v) is 3.27. The van der Waals surface area contributed by atoms with Gasteiger partial charge in [0.15, 0.2) is 0 Å².